The second kappa shape index (κ2) is 37.7. The van der Waals surface area contributed by atoms with E-state index in [4.69, 9.17) is 18.1 Å². The molecule has 0 fully saturated rings. The quantitative estimate of drug-likeness (QED) is 0.0860. The lowest BCUT2D eigenvalue weighted by Crippen LogP contribution is -2.21. The summed E-state index contributed by atoms with van der Waals surface area (Å²) >= 11 is 0. The van der Waals surface area contributed by atoms with Crippen molar-refractivity contribution < 1.29 is 36.4 Å². The normalized spacial score (nSPS) is 16.7. The van der Waals surface area contributed by atoms with Gasteiger partial charge in [-0.1, -0.05) is 376 Å². The minimum atomic E-state index is -3.61. The largest absolute Gasteiger partial charge is 0.432 e. The number of aromatic nitrogens is 1. The Morgan fingerprint density at radius 1 is 0.188 bits per heavy atom. The summed E-state index contributed by atoms with van der Waals surface area (Å²) in [4.78, 5) is 0. The maximum Gasteiger partial charge on any atom is 0.378 e. The Morgan fingerprint density at radius 3 is 0.826 bits per heavy atom. The molecular formula is C122H88N4O8P4. The number of hydrogen-bond donors (Lipinski definition) is 0. The minimum absolute atomic E-state index is 0.613. The summed E-state index contributed by atoms with van der Waals surface area (Å²) < 4.78 is 91.6. The molecule has 0 spiro atoms. The van der Waals surface area contributed by atoms with Gasteiger partial charge in [0.05, 0.1) is 55.2 Å². The Bertz CT molecular complexity index is 8050. The zero-order valence-corrected chi connectivity index (χ0v) is 78.2. The number of fused-ring (bicyclic) bond motifs is 5. The smallest absolute Gasteiger partial charge is 0.378 e. The zero-order chi connectivity index (χ0) is 93.0. The van der Waals surface area contributed by atoms with Crippen LogP contribution < -0.4 is 48.8 Å². The lowest BCUT2D eigenvalue weighted by atomic mass is 9.99. The Kier molecular flexibility index (Phi) is 23.7. The molecule has 5 heterocycles. The SMILES string of the molecule is O=P1(c2cc(-c3ccccc3)cc(-c3ccccc3)c2)OC=CN1c1ccccc1.O=P1(c2cc(-c3ccccc3)cc(-c3ccccc3)c2)Oc2cccc3c4ccccc4n1c23.O=P1(c2cc(-c3ccccc3)cc(-c3ccccc3)c2)Oc2ccccc2N1c1cccc(-c2ccccc2)c1.O=P1(c2cc(-c3ccccc3)cc(-c3ccccc3)c2)Oc2ccccc2N1c1ccccc1. The van der Waals surface area contributed by atoms with Crippen LogP contribution in [0.5, 0.6) is 17.2 Å². The van der Waals surface area contributed by atoms with Crippen LogP contribution in [0.2, 0.25) is 0 Å². The molecule has 664 valence electrons. The van der Waals surface area contributed by atoms with Crippen LogP contribution in [0.4, 0.5) is 28.4 Å². The van der Waals surface area contributed by atoms with Crippen LogP contribution in [-0.2, 0) is 22.8 Å². The van der Waals surface area contributed by atoms with Crippen LogP contribution in [0.1, 0.15) is 0 Å². The molecule has 16 heteroatoms. The topological polar surface area (TPSA) is 120 Å². The Morgan fingerprint density at radius 2 is 0.449 bits per heavy atom. The Labute approximate surface area is 802 Å². The molecule has 0 N–H and O–H groups in total. The van der Waals surface area contributed by atoms with Gasteiger partial charge in [0.2, 0.25) is 0 Å². The highest BCUT2D eigenvalue weighted by atomic mass is 31.2. The first-order valence-electron chi connectivity index (χ1n) is 45.7. The lowest BCUT2D eigenvalue weighted by Gasteiger charge is -2.26. The average molecular weight is 1860 g/mol. The maximum atomic E-state index is 15.3. The third kappa shape index (κ3) is 17.0. The summed E-state index contributed by atoms with van der Waals surface area (Å²) in [5.74, 6) is 1.91. The van der Waals surface area contributed by atoms with E-state index in [2.05, 4.69) is 158 Å². The molecule has 12 nitrogen and oxygen atoms in total. The van der Waals surface area contributed by atoms with Gasteiger partial charge >= 0.3 is 30.1 Å². The Balaban J connectivity index is 0.000000107. The molecule has 0 amide bonds. The van der Waals surface area contributed by atoms with Gasteiger partial charge in [0.15, 0.2) is 17.2 Å². The first-order chi connectivity index (χ1) is 67.9. The highest BCUT2D eigenvalue weighted by Crippen LogP contribution is 2.67. The average Bonchev–Trinajstić information content (AvgIpc) is 1.53. The molecule has 0 aliphatic carbocycles. The van der Waals surface area contributed by atoms with E-state index >= 15 is 4.57 Å². The lowest BCUT2D eigenvalue weighted by molar-refractivity contribution is 0.462. The van der Waals surface area contributed by atoms with Crippen molar-refractivity contribution in [1.82, 2.24) is 4.34 Å². The van der Waals surface area contributed by atoms with Gasteiger partial charge in [-0.05, 0) is 246 Å². The fourth-order valence-electron chi connectivity index (χ4n) is 18.4. The van der Waals surface area contributed by atoms with Gasteiger partial charge in [0, 0.05) is 17.0 Å². The van der Waals surface area contributed by atoms with E-state index < -0.39 is 30.1 Å². The summed E-state index contributed by atoms with van der Waals surface area (Å²) in [5, 5.41) is 4.81. The number of rotatable bonds is 16. The van der Waals surface area contributed by atoms with E-state index in [-0.39, 0.29) is 0 Å². The summed E-state index contributed by atoms with van der Waals surface area (Å²) in [7, 11) is -13.9. The van der Waals surface area contributed by atoms with Crippen LogP contribution in [0.25, 0.3) is 122 Å². The molecule has 4 unspecified atom stereocenters. The van der Waals surface area contributed by atoms with Gasteiger partial charge in [-0.2, -0.15) is 0 Å². The van der Waals surface area contributed by atoms with Crippen LogP contribution in [0.15, 0.2) is 534 Å². The van der Waals surface area contributed by atoms with Crippen LogP contribution in [0, 0.1) is 0 Å². The zero-order valence-electron chi connectivity index (χ0n) is 74.7. The van der Waals surface area contributed by atoms with Crippen molar-refractivity contribution in [2.75, 3.05) is 14.0 Å². The van der Waals surface area contributed by atoms with Gasteiger partial charge in [0.25, 0.3) is 0 Å². The molecule has 0 bridgehead atoms. The predicted octanol–water partition coefficient (Wildman–Crippen LogP) is 32.5. The van der Waals surface area contributed by atoms with Crippen molar-refractivity contribution in [3.8, 4) is 117 Å². The van der Waals surface area contributed by atoms with E-state index in [1.165, 1.54) is 6.26 Å². The van der Waals surface area contributed by atoms with Crippen LogP contribution >= 0.6 is 30.1 Å². The molecule has 1 aromatic heterocycles. The molecule has 25 rings (SSSR count). The summed E-state index contributed by atoms with van der Waals surface area (Å²) in [6.07, 6.45) is 3.26. The van der Waals surface area contributed by atoms with Crippen molar-refractivity contribution in [1.29, 1.82) is 0 Å². The van der Waals surface area contributed by atoms with E-state index in [0.717, 1.165) is 150 Å². The molecule has 0 saturated carbocycles. The van der Waals surface area contributed by atoms with Crippen molar-refractivity contribution in [2.45, 2.75) is 0 Å². The highest BCUT2D eigenvalue weighted by Gasteiger charge is 2.48. The third-order valence-corrected chi connectivity index (χ3v) is 34.2. The number of anilines is 5. The van der Waals surface area contributed by atoms with Gasteiger partial charge < -0.3 is 18.1 Å². The Hall–Kier alpha value is -16.5. The fourth-order valence-corrected chi connectivity index (χ4v) is 27.4. The predicted molar refractivity (Wildman–Crippen MR) is 570 cm³/mol. The van der Waals surface area contributed by atoms with Crippen LogP contribution in [-0.4, -0.2) is 4.34 Å². The van der Waals surface area contributed by atoms with Gasteiger partial charge in [-0.25, -0.2) is 18.3 Å². The van der Waals surface area contributed by atoms with Crippen molar-refractivity contribution in [3.63, 3.8) is 0 Å². The summed E-state index contributed by atoms with van der Waals surface area (Å²) in [5.41, 5.74) is 24.6. The molecular weight excluding hydrogens is 1770 g/mol. The van der Waals surface area contributed by atoms with E-state index in [0.29, 0.717) is 38.5 Å². The number of para-hydroxylation sites is 8. The first-order valence-corrected chi connectivity index (χ1v) is 52.0. The van der Waals surface area contributed by atoms with E-state index in [1.54, 1.807) is 10.9 Å². The summed E-state index contributed by atoms with van der Waals surface area (Å²) in [6, 6.07) is 174. The molecule has 4 aliphatic heterocycles. The molecule has 4 aliphatic rings. The molecule has 4 atom stereocenters. The van der Waals surface area contributed by atoms with Gasteiger partial charge in [0.1, 0.15) is 11.8 Å². The monoisotopic (exact) mass is 1860 g/mol. The second-order valence-corrected chi connectivity index (χ2v) is 42.3. The van der Waals surface area contributed by atoms with Gasteiger partial charge in [-0.15, -0.1) is 0 Å². The van der Waals surface area contributed by atoms with Crippen LogP contribution in [0.3, 0.4) is 0 Å². The van der Waals surface area contributed by atoms with Crippen molar-refractivity contribution in [2.24, 2.45) is 0 Å². The molecule has 20 aromatic carbocycles. The first kappa shape index (κ1) is 86.8. The minimum Gasteiger partial charge on any atom is -0.432 e. The molecule has 21 aromatic rings. The van der Waals surface area contributed by atoms with Crippen molar-refractivity contribution >= 4 is 102 Å². The van der Waals surface area contributed by atoms with Gasteiger partial charge in [-0.3, -0.25) is 18.3 Å². The highest BCUT2D eigenvalue weighted by molar-refractivity contribution is 7.70. The second-order valence-electron chi connectivity index (χ2n) is 33.7. The van der Waals surface area contributed by atoms with E-state index in [1.807, 2.05) is 378 Å². The number of hydrogen-bond acceptors (Lipinski definition) is 8. The molecule has 138 heavy (non-hydrogen) atoms. The van der Waals surface area contributed by atoms with Crippen molar-refractivity contribution in [3.05, 3.63) is 534 Å². The van der Waals surface area contributed by atoms with E-state index in [9.17, 15) is 13.7 Å². The standard InChI is InChI=1S/C36H26NO2P.C30H20NO2P.C30H22NO2P.C26H20NO2P/c38-40(34-25-31(28-15-6-2-7-16-28)23-32(26-34)29-17-8-3-9-18-29)37(35-21-10-11-22-36(35)39-40)33-20-12-19-30(24-33)27-13-4-1-5-14-27;32-34(31-28-16-8-7-14-26(28)27-15-9-17-29(33-34)30(27)31)25-19-23(21-10-3-1-4-11-21)18-24(20-25)22-12-5-2-6-13-22;32-34(31(27-16-8-3-9-17-27)29-18-10-11-19-30(29)33-34)28-21-25(23-12-4-1-5-13-23)20-26(22-28)24-14-6-2-7-15-24;28-30(27(16-17-29-30)25-14-8-3-9-15-25)26-19-23(21-10-4-1-5-11-21)18-24(20-26)22-12-6-2-7-13-22/h1-26H;1-20H;1-22H;1-20H. The number of nitrogens with zero attached hydrogens (tertiary/aromatic N) is 4. The summed E-state index contributed by atoms with van der Waals surface area (Å²) in [6.45, 7) is 0. The fraction of sp³-hybridized carbons (Fsp3) is 0. The molecule has 0 saturated heterocycles. The maximum absolute atomic E-state index is 15.3. The number of benzene rings is 20. The molecule has 0 radical (unpaired) electrons. The third-order valence-electron chi connectivity index (χ3n) is 25.0.